The van der Waals surface area contributed by atoms with Gasteiger partial charge >= 0.3 is 15.6 Å². The lowest BCUT2D eigenvalue weighted by Gasteiger charge is -2.34. The Morgan fingerprint density at radius 2 is 1.54 bits per heavy atom. The maximum absolute atomic E-state index is 12.8. The maximum atomic E-state index is 12.8. The second kappa shape index (κ2) is 11.6. The highest BCUT2D eigenvalue weighted by Crippen LogP contribution is 2.41. The number of benzene rings is 2. The largest absolute Gasteiger partial charge is 0.534 e. The molecule has 1 heterocycles. The predicted octanol–water partition coefficient (Wildman–Crippen LogP) is 6.51. The Hall–Kier alpha value is -2.95. The van der Waals surface area contributed by atoms with E-state index in [0.717, 1.165) is 40.7 Å². The van der Waals surface area contributed by atoms with E-state index in [9.17, 15) is 21.6 Å². The summed E-state index contributed by atoms with van der Waals surface area (Å²) in [6.45, 7) is 6.03. The van der Waals surface area contributed by atoms with E-state index in [1.807, 2.05) is 44.2 Å². The maximum Gasteiger partial charge on any atom is 0.534 e. The highest BCUT2D eigenvalue weighted by Gasteiger charge is 2.48. The van der Waals surface area contributed by atoms with E-state index in [-0.39, 0.29) is 5.75 Å². The summed E-state index contributed by atoms with van der Waals surface area (Å²) in [5.74, 6) is -0.346. The van der Waals surface area contributed by atoms with Gasteiger partial charge in [0, 0.05) is 29.8 Å². The van der Waals surface area contributed by atoms with E-state index in [0.29, 0.717) is 18.6 Å². The Morgan fingerprint density at radius 1 is 0.892 bits per heavy atom. The highest BCUT2D eigenvalue weighted by atomic mass is 32.2. The first kappa shape index (κ1) is 28.6. The van der Waals surface area contributed by atoms with Gasteiger partial charge < -0.3 is 4.18 Å². The third-order valence-electron chi connectivity index (χ3n) is 6.58. The zero-order valence-corrected chi connectivity index (χ0v) is 21.9. The molecule has 0 atom stereocenters. The molecule has 0 spiro atoms. The molecule has 3 aromatic rings. The molecule has 0 radical (unpaired) electrons. The van der Waals surface area contributed by atoms with Crippen LogP contribution >= 0.6 is 0 Å². The van der Waals surface area contributed by atoms with Gasteiger partial charge in [0.15, 0.2) is 0 Å². The van der Waals surface area contributed by atoms with Crippen molar-refractivity contribution in [3.05, 3.63) is 83.2 Å². The Labute approximate surface area is 215 Å². The zero-order chi connectivity index (χ0) is 27.3. The first-order valence-corrected chi connectivity index (χ1v) is 13.2. The van der Waals surface area contributed by atoms with E-state index < -0.39 is 21.0 Å². The lowest BCUT2D eigenvalue weighted by atomic mass is 9.70. The van der Waals surface area contributed by atoms with Gasteiger partial charge in [0.05, 0.1) is 13.7 Å². The fourth-order valence-corrected chi connectivity index (χ4v) is 4.96. The number of rotatable bonds is 11. The summed E-state index contributed by atoms with van der Waals surface area (Å²) < 4.78 is 65.6. The van der Waals surface area contributed by atoms with Crippen LogP contribution in [0.25, 0.3) is 11.1 Å². The first-order valence-electron chi connectivity index (χ1n) is 11.8. The van der Waals surface area contributed by atoms with Crippen molar-refractivity contribution in [1.29, 1.82) is 0 Å². The minimum atomic E-state index is -5.74. The second-order valence-electron chi connectivity index (χ2n) is 8.65. The number of pyridine rings is 1. The number of nitrogens with zero attached hydrogens (tertiary/aromatic N) is 1. The fourth-order valence-electron chi connectivity index (χ4n) is 4.45. The molecule has 37 heavy (non-hydrogen) atoms. The van der Waals surface area contributed by atoms with Gasteiger partial charge in [0.25, 0.3) is 0 Å². The summed E-state index contributed by atoms with van der Waals surface area (Å²) in [6.07, 6.45) is 5.68. The van der Waals surface area contributed by atoms with Crippen molar-refractivity contribution in [2.45, 2.75) is 51.0 Å². The summed E-state index contributed by atoms with van der Waals surface area (Å²) in [6, 6.07) is 14.8. The molecule has 0 aliphatic rings. The van der Waals surface area contributed by atoms with Gasteiger partial charge in [0.2, 0.25) is 0 Å². The average Bonchev–Trinajstić information content (AvgIpc) is 2.87. The average molecular weight is 538 g/mol. The Balaban J connectivity index is 1.91. The van der Waals surface area contributed by atoms with Crippen LogP contribution in [0.4, 0.5) is 13.2 Å². The predicted molar refractivity (Wildman–Crippen MR) is 134 cm³/mol. The van der Waals surface area contributed by atoms with Crippen molar-refractivity contribution in [1.82, 2.24) is 4.98 Å². The van der Waals surface area contributed by atoms with Crippen molar-refractivity contribution >= 4 is 10.1 Å². The minimum absolute atomic E-state index is 0.300. The molecule has 0 unspecified atom stereocenters. The lowest BCUT2D eigenvalue weighted by Crippen LogP contribution is -2.29. The molecule has 0 saturated heterocycles. The molecule has 0 saturated carbocycles. The van der Waals surface area contributed by atoms with Gasteiger partial charge in [0.1, 0.15) is 5.75 Å². The summed E-state index contributed by atoms with van der Waals surface area (Å²) in [7, 11) is -4.28. The quantitative estimate of drug-likeness (QED) is 0.0913. The van der Waals surface area contributed by atoms with Crippen LogP contribution < -0.4 is 4.18 Å². The van der Waals surface area contributed by atoms with Gasteiger partial charge in [-0.2, -0.15) is 21.6 Å². The molecule has 3 rings (SSSR count). The Morgan fingerprint density at radius 3 is 2.11 bits per heavy atom. The SMILES string of the molecule is CCC(CC)(c1ccc(-c2cncc(CCOOC)c2)cc1)c1ccc(OS(=O)(=O)C(F)(F)F)c(C)c1. The Kier molecular flexibility index (Phi) is 8.99. The molecule has 10 heteroatoms. The van der Waals surface area contributed by atoms with E-state index >= 15 is 0 Å². The third-order valence-corrected chi connectivity index (χ3v) is 7.54. The van der Waals surface area contributed by atoms with Crippen LogP contribution in [0.5, 0.6) is 5.75 Å². The number of alkyl halides is 3. The molecule has 0 amide bonds. The highest BCUT2D eigenvalue weighted by molar-refractivity contribution is 7.88. The van der Waals surface area contributed by atoms with E-state index in [4.69, 9.17) is 4.89 Å². The second-order valence-corrected chi connectivity index (χ2v) is 10.2. The van der Waals surface area contributed by atoms with Crippen LogP contribution in [-0.2, 0) is 31.7 Å². The Bertz CT molecular complexity index is 1300. The molecule has 0 bridgehead atoms. The molecule has 200 valence electrons. The van der Waals surface area contributed by atoms with Gasteiger partial charge in [-0.25, -0.2) is 9.78 Å². The number of hydrogen-bond acceptors (Lipinski definition) is 6. The lowest BCUT2D eigenvalue weighted by molar-refractivity contribution is -0.271. The van der Waals surface area contributed by atoms with Gasteiger partial charge in [-0.05, 0) is 59.7 Å². The molecular formula is C27H30F3NO5S. The molecular weight excluding hydrogens is 507 g/mol. The van der Waals surface area contributed by atoms with Crippen molar-refractivity contribution in [2.24, 2.45) is 0 Å². The molecule has 1 aromatic heterocycles. The topological polar surface area (TPSA) is 74.7 Å². The standard InChI is InChI=1S/C27H30F3NO5S/c1-5-26(6-2,24-11-12-25(19(3)15-24)36-37(32,33)27(28,29)30)23-9-7-21(8-10-23)22-16-20(17-31-18-22)13-14-35-34-4/h7-12,15-18H,5-6,13-14H2,1-4H3. The van der Waals surface area contributed by atoms with Crippen LogP contribution in [0.15, 0.2) is 60.9 Å². The van der Waals surface area contributed by atoms with Crippen molar-refractivity contribution in [3.63, 3.8) is 0 Å². The molecule has 0 fully saturated rings. The zero-order valence-electron chi connectivity index (χ0n) is 21.1. The monoisotopic (exact) mass is 537 g/mol. The summed E-state index contributed by atoms with van der Waals surface area (Å²) in [5, 5.41) is 0. The number of halogens is 3. The van der Waals surface area contributed by atoms with Gasteiger partial charge in [-0.3, -0.25) is 4.98 Å². The van der Waals surface area contributed by atoms with Crippen molar-refractivity contribution in [3.8, 4) is 16.9 Å². The van der Waals surface area contributed by atoms with Crippen LogP contribution in [0, 0.1) is 6.92 Å². The van der Waals surface area contributed by atoms with Gasteiger partial charge in [-0.15, -0.1) is 0 Å². The third kappa shape index (κ3) is 6.31. The fraction of sp³-hybridized carbons (Fsp3) is 0.370. The van der Waals surface area contributed by atoms with Gasteiger partial charge in [-0.1, -0.05) is 50.2 Å². The van der Waals surface area contributed by atoms with E-state index in [2.05, 4.69) is 14.1 Å². The first-order chi connectivity index (χ1) is 17.5. The van der Waals surface area contributed by atoms with Crippen LogP contribution in [0.3, 0.4) is 0 Å². The van der Waals surface area contributed by atoms with E-state index in [1.54, 1.807) is 24.5 Å². The van der Waals surface area contributed by atoms with Crippen LogP contribution in [-0.4, -0.2) is 32.6 Å². The van der Waals surface area contributed by atoms with Crippen molar-refractivity contribution in [2.75, 3.05) is 13.7 Å². The number of aromatic nitrogens is 1. The molecule has 6 nitrogen and oxygen atoms in total. The van der Waals surface area contributed by atoms with Crippen LogP contribution in [0.2, 0.25) is 0 Å². The minimum Gasteiger partial charge on any atom is -0.376 e. The molecule has 0 aliphatic carbocycles. The smallest absolute Gasteiger partial charge is 0.376 e. The molecule has 2 aromatic carbocycles. The number of aryl methyl sites for hydroxylation is 1. The number of hydrogen-bond donors (Lipinski definition) is 0. The normalized spacial score (nSPS) is 12.5. The van der Waals surface area contributed by atoms with Crippen molar-refractivity contribution < 1.29 is 35.5 Å². The van der Waals surface area contributed by atoms with Crippen LogP contribution in [0.1, 0.15) is 48.9 Å². The summed E-state index contributed by atoms with van der Waals surface area (Å²) >= 11 is 0. The van der Waals surface area contributed by atoms with E-state index in [1.165, 1.54) is 20.1 Å². The molecule has 0 N–H and O–H groups in total. The summed E-state index contributed by atoms with van der Waals surface area (Å²) in [5.41, 5.74) is -0.761. The summed E-state index contributed by atoms with van der Waals surface area (Å²) in [4.78, 5) is 13.9. The molecule has 0 aliphatic heterocycles.